The summed E-state index contributed by atoms with van der Waals surface area (Å²) in [5.74, 6) is 0.399. The number of pyridine rings is 1. The van der Waals surface area contributed by atoms with Gasteiger partial charge >= 0.3 is 5.97 Å². The van der Waals surface area contributed by atoms with E-state index < -0.39 is 12.0 Å². The third-order valence-electron chi connectivity index (χ3n) is 4.51. The van der Waals surface area contributed by atoms with Crippen molar-refractivity contribution in [3.8, 4) is 0 Å². The molecule has 8 heteroatoms. The highest BCUT2D eigenvalue weighted by Gasteiger charge is 2.33. The number of aromatic nitrogens is 1. The fourth-order valence-corrected chi connectivity index (χ4v) is 3.41. The molecule has 1 aromatic heterocycles. The summed E-state index contributed by atoms with van der Waals surface area (Å²) in [6.45, 7) is 1.43. The molecular formula is C15H21N5O3. The van der Waals surface area contributed by atoms with Gasteiger partial charge in [-0.15, -0.1) is 0 Å². The maximum atomic E-state index is 11.4. The molecule has 0 saturated carbocycles. The highest BCUT2D eigenvalue weighted by molar-refractivity contribution is 5.79. The Labute approximate surface area is 134 Å². The fraction of sp³-hybridized carbons (Fsp3) is 0.533. The Morgan fingerprint density at radius 3 is 2.78 bits per heavy atom. The van der Waals surface area contributed by atoms with E-state index in [1.54, 1.807) is 12.1 Å². The molecule has 0 aliphatic carbocycles. The Morgan fingerprint density at radius 2 is 2.04 bits per heavy atom. The van der Waals surface area contributed by atoms with Crippen molar-refractivity contribution in [2.45, 2.75) is 37.9 Å². The highest BCUT2D eigenvalue weighted by atomic mass is 16.4. The van der Waals surface area contributed by atoms with Crippen LogP contribution in [0.5, 0.6) is 0 Å². The summed E-state index contributed by atoms with van der Waals surface area (Å²) in [6.07, 6.45) is 3.80. The van der Waals surface area contributed by atoms with Gasteiger partial charge in [0.15, 0.2) is 5.82 Å². The maximum absolute atomic E-state index is 11.4. The zero-order chi connectivity index (χ0) is 16.4. The van der Waals surface area contributed by atoms with Crippen LogP contribution in [0.1, 0.15) is 25.7 Å². The Hall–Kier alpha value is -2.51. The van der Waals surface area contributed by atoms with Gasteiger partial charge in [0.2, 0.25) is 6.41 Å². The lowest BCUT2D eigenvalue weighted by Gasteiger charge is -2.28. The van der Waals surface area contributed by atoms with Crippen molar-refractivity contribution < 1.29 is 14.7 Å². The molecule has 2 aliphatic rings. The first kappa shape index (κ1) is 15.4. The van der Waals surface area contributed by atoms with Crippen LogP contribution in [-0.4, -0.2) is 47.8 Å². The molecule has 1 aromatic rings. The molecule has 2 fully saturated rings. The third-order valence-corrected chi connectivity index (χ3v) is 4.51. The van der Waals surface area contributed by atoms with Gasteiger partial charge in [0.25, 0.3) is 0 Å². The molecule has 0 bridgehead atoms. The number of nitrogen functional groups attached to an aromatic ring is 1. The standard InChI is InChI=1S/C15H21N5O3/c16-10-5-6-13(19-7-1-3-11(19)15(22)23)18-14(10)20-8-2-4-12(20)17-9-21/h5-6,9,11-12H,1-4,7-8,16H2,(H,17,21)(H,22,23). The molecule has 8 nitrogen and oxygen atoms in total. The van der Waals surface area contributed by atoms with Gasteiger partial charge in [0.1, 0.15) is 18.0 Å². The normalized spacial score (nSPS) is 24.0. The average molecular weight is 319 g/mol. The Bertz CT molecular complexity index is 609. The molecule has 124 valence electrons. The van der Waals surface area contributed by atoms with Crippen molar-refractivity contribution in [1.82, 2.24) is 10.3 Å². The second kappa shape index (κ2) is 6.31. The van der Waals surface area contributed by atoms with Crippen molar-refractivity contribution in [1.29, 1.82) is 0 Å². The molecule has 3 heterocycles. The van der Waals surface area contributed by atoms with Crippen molar-refractivity contribution in [2.24, 2.45) is 0 Å². The minimum absolute atomic E-state index is 0.119. The van der Waals surface area contributed by atoms with Crippen LogP contribution in [0, 0.1) is 0 Å². The largest absolute Gasteiger partial charge is 0.480 e. The van der Waals surface area contributed by atoms with Crippen LogP contribution in [-0.2, 0) is 9.59 Å². The first-order valence-corrected chi connectivity index (χ1v) is 7.84. The van der Waals surface area contributed by atoms with Crippen LogP contribution in [0.4, 0.5) is 17.3 Å². The van der Waals surface area contributed by atoms with Gasteiger partial charge < -0.3 is 26.0 Å². The molecule has 4 N–H and O–H groups in total. The zero-order valence-corrected chi connectivity index (χ0v) is 12.8. The van der Waals surface area contributed by atoms with E-state index in [0.717, 1.165) is 25.8 Å². The first-order valence-electron chi connectivity index (χ1n) is 7.84. The molecule has 0 radical (unpaired) electrons. The summed E-state index contributed by atoms with van der Waals surface area (Å²) >= 11 is 0. The molecule has 0 aromatic carbocycles. The summed E-state index contributed by atoms with van der Waals surface area (Å²) in [5, 5.41) is 12.1. The minimum Gasteiger partial charge on any atom is -0.480 e. The number of nitrogens with zero attached hydrogens (tertiary/aromatic N) is 3. The van der Waals surface area contributed by atoms with Crippen LogP contribution in [0.15, 0.2) is 12.1 Å². The molecule has 0 spiro atoms. The van der Waals surface area contributed by atoms with Crippen LogP contribution < -0.4 is 20.9 Å². The fourth-order valence-electron chi connectivity index (χ4n) is 3.41. The second-order valence-corrected chi connectivity index (χ2v) is 5.91. The lowest BCUT2D eigenvalue weighted by molar-refractivity contribution is -0.138. The Kier molecular flexibility index (Phi) is 4.22. The van der Waals surface area contributed by atoms with Gasteiger partial charge in [-0.3, -0.25) is 4.79 Å². The number of nitrogens with one attached hydrogen (secondary N) is 1. The molecule has 2 saturated heterocycles. The van der Waals surface area contributed by atoms with Crippen LogP contribution in [0.25, 0.3) is 0 Å². The number of hydrogen-bond acceptors (Lipinski definition) is 6. The van der Waals surface area contributed by atoms with Crippen molar-refractivity contribution in [3.63, 3.8) is 0 Å². The van der Waals surface area contributed by atoms with E-state index >= 15 is 0 Å². The average Bonchev–Trinajstić information content (AvgIpc) is 3.17. The topological polar surface area (TPSA) is 112 Å². The number of carbonyl (C=O) groups is 2. The van der Waals surface area contributed by atoms with Crippen LogP contribution in [0.2, 0.25) is 0 Å². The number of hydrogen-bond donors (Lipinski definition) is 3. The predicted molar refractivity (Wildman–Crippen MR) is 86.2 cm³/mol. The molecule has 2 aliphatic heterocycles. The van der Waals surface area contributed by atoms with Crippen molar-refractivity contribution >= 4 is 29.7 Å². The first-order chi connectivity index (χ1) is 11.1. The number of carbonyl (C=O) groups excluding carboxylic acids is 1. The Morgan fingerprint density at radius 1 is 1.30 bits per heavy atom. The third kappa shape index (κ3) is 2.88. The predicted octanol–water partition coefficient (Wildman–Crippen LogP) is 0.390. The quantitative estimate of drug-likeness (QED) is 0.673. The smallest absolute Gasteiger partial charge is 0.326 e. The van der Waals surface area contributed by atoms with Crippen molar-refractivity contribution in [2.75, 3.05) is 28.6 Å². The zero-order valence-electron chi connectivity index (χ0n) is 12.8. The van der Waals surface area contributed by atoms with Gasteiger partial charge in [-0.2, -0.15) is 0 Å². The molecule has 2 atom stereocenters. The van der Waals surface area contributed by atoms with E-state index in [2.05, 4.69) is 10.3 Å². The van der Waals surface area contributed by atoms with Gasteiger partial charge in [0, 0.05) is 13.1 Å². The van der Waals surface area contributed by atoms with E-state index in [0.29, 0.717) is 36.7 Å². The molecular weight excluding hydrogens is 298 g/mol. The number of nitrogens with two attached hydrogens (primary N) is 1. The summed E-state index contributed by atoms with van der Waals surface area (Å²) in [5.41, 5.74) is 6.59. The number of carboxylic acid groups (broad SMARTS) is 1. The van der Waals surface area contributed by atoms with E-state index in [-0.39, 0.29) is 6.17 Å². The summed E-state index contributed by atoms with van der Waals surface area (Å²) in [7, 11) is 0. The number of rotatable bonds is 5. The molecule has 1 amide bonds. The van der Waals surface area contributed by atoms with Crippen molar-refractivity contribution in [3.05, 3.63) is 12.1 Å². The SMILES string of the molecule is Nc1ccc(N2CCCC2C(=O)O)nc1N1CCCC1NC=O. The summed E-state index contributed by atoms with van der Waals surface area (Å²) < 4.78 is 0. The summed E-state index contributed by atoms with van der Waals surface area (Å²) in [6, 6.07) is 2.98. The number of anilines is 3. The number of amides is 1. The lowest BCUT2D eigenvalue weighted by atomic mass is 10.2. The highest BCUT2D eigenvalue weighted by Crippen LogP contribution is 2.32. The second-order valence-electron chi connectivity index (χ2n) is 5.91. The minimum atomic E-state index is -0.829. The van der Waals surface area contributed by atoms with Gasteiger partial charge in [-0.25, -0.2) is 9.78 Å². The molecule has 3 rings (SSSR count). The monoisotopic (exact) mass is 319 g/mol. The van der Waals surface area contributed by atoms with Gasteiger partial charge in [0.05, 0.1) is 5.69 Å². The summed E-state index contributed by atoms with van der Waals surface area (Å²) in [4.78, 5) is 30.5. The van der Waals surface area contributed by atoms with E-state index in [9.17, 15) is 14.7 Å². The van der Waals surface area contributed by atoms with Gasteiger partial charge in [-0.05, 0) is 37.8 Å². The van der Waals surface area contributed by atoms with E-state index in [1.165, 1.54) is 0 Å². The lowest BCUT2D eigenvalue weighted by Crippen LogP contribution is -2.42. The van der Waals surface area contributed by atoms with E-state index in [4.69, 9.17) is 5.73 Å². The number of aliphatic carboxylic acids is 1. The molecule has 2 unspecified atom stereocenters. The maximum Gasteiger partial charge on any atom is 0.326 e. The Balaban J connectivity index is 1.90. The number of carboxylic acids is 1. The van der Waals surface area contributed by atoms with Crippen LogP contribution in [0.3, 0.4) is 0 Å². The van der Waals surface area contributed by atoms with Gasteiger partial charge in [-0.1, -0.05) is 0 Å². The molecule has 23 heavy (non-hydrogen) atoms. The van der Waals surface area contributed by atoms with Crippen LogP contribution >= 0.6 is 0 Å². The van der Waals surface area contributed by atoms with E-state index in [1.807, 2.05) is 9.80 Å².